The minimum Gasteiger partial charge on any atom is -0.390 e. The van der Waals surface area contributed by atoms with E-state index in [1.807, 2.05) is 11.8 Å². The standard InChI is InChI=1S/C7H14FNO/c1-2-9-4-3-7(10)6(8)5-9/h6-7,10H,2-5H2,1H3/t6-,7+/m1/s1. The van der Waals surface area contributed by atoms with Crippen LogP contribution in [0.5, 0.6) is 0 Å². The summed E-state index contributed by atoms with van der Waals surface area (Å²) >= 11 is 0. The van der Waals surface area contributed by atoms with Gasteiger partial charge in [-0.1, -0.05) is 6.92 Å². The molecule has 0 radical (unpaired) electrons. The van der Waals surface area contributed by atoms with Crippen LogP contribution in [0.15, 0.2) is 0 Å². The van der Waals surface area contributed by atoms with Crippen molar-refractivity contribution in [3.05, 3.63) is 0 Å². The van der Waals surface area contributed by atoms with Gasteiger partial charge >= 0.3 is 0 Å². The second kappa shape index (κ2) is 3.30. The lowest BCUT2D eigenvalue weighted by atomic mass is 10.1. The molecule has 1 aliphatic rings. The SMILES string of the molecule is CCN1CC[C@H](O)[C@H](F)C1. The molecule has 0 saturated carbocycles. The summed E-state index contributed by atoms with van der Waals surface area (Å²) in [7, 11) is 0. The van der Waals surface area contributed by atoms with Crippen molar-refractivity contribution in [2.45, 2.75) is 25.6 Å². The second-order valence-electron chi connectivity index (χ2n) is 2.77. The summed E-state index contributed by atoms with van der Waals surface area (Å²) in [5.74, 6) is 0. The van der Waals surface area contributed by atoms with Gasteiger partial charge in [-0.25, -0.2) is 4.39 Å². The normalized spacial score (nSPS) is 36.3. The van der Waals surface area contributed by atoms with E-state index in [1.165, 1.54) is 0 Å². The van der Waals surface area contributed by atoms with E-state index in [9.17, 15) is 4.39 Å². The summed E-state index contributed by atoms with van der Waals surface area (Å²) in [4.78, 5) is 2.01. The van der Waals surface area contributed by atoms with Crippen molar-refractivity contribution in [2.24, 2.45) is 0 Å². The molecular weight excluding hydrogens is 133 g/mol. The van der Waals surface area contributed by atoms with Crippen LogP contribution in [0.25, 0.3) is 0 Å². The topological polar surface area (TPSA) is 23.5 Å². The van der Waals surface area contributed by atoms with Crippen LogP contribution >= 0.6 is 0 Å². The number of hydrogen-bond donors (Lipinski definition) is 1. The van der Waals surface area contributed by atoms with Crippen LogP contribution in [0, 0.1) is 0 Å². The molecule has 0 bridgehead atoms. The van der Waals surface area contributed by atoms with Crippen molar-refractivity contribution in [2.75, 3.05) is 19.6 Å². The van der Waals surface area contributed by atoms with Crippen LogP contribution in [0.3, 0.4) is 0 Å². The molecule has 0 unspecified atom stereocenters. The Balaban J connectivity index is 2.33. The molecule has 0 amide bonds. The van der Waals surface area contributed by atoms with Gasteiger partial charge in [-0.05, 0) is 13.0 Å². The maximum Gasteiger partial charge on any atom is 0.138 e. The summed E-state index contributed by atoms with van der Waals surface area (Å²) in [5.41, 5.74) is 0. The number of aliphatic hydroxyl groups excluding tert-OH is 1. The zero-order valence-corrected chi connectivity index (χ0v) is 6.26. The molecule has 3 heteroatoms. The van der Waals surface area contributed by atoms with E-state index in [4.69, 9.17) is 5.11 Å². The van der Waals surface area contributed by atoms with Gasteiger partial charge in [0.25, 0.3) is 0 Å². The molecule has 1 fully saturated rings. The maximum atomic E-state index is 12.7. The summed E-state index contributed by atoms with van der Waals surface area (Å²) < 4.78 is 12.7. The lowest BCUT2D eigenvalue weighted by Crippen LogP contribution is -2.44. The second-order valence-corrected chi connectivity index (χ2v) is 2.77. The van der Waals surface area contributed by atoms with Crippen LogP contribution < -0.4 is 0 Å². The Morgan fingerprint density at radius 2 is 2.40 bits per heavy atom. The molecule has 0 aromatic carbocycles. The fourth-order valence-corrected chi connectivity index (χ4v) is 1.24. The predicted molar refractivity (Wildman–Crippen MR) is 37.6 cm³/mol. The minimum atomic E-state index is -1.03. The Kier molecular flexibility index (Phi) is 2.63. The lowest BCUT2D eigenvalue weighted by molar-refractivity contribution is 0.00833. The fourth-order valence-electron chi connectivity index (χ4n) is 1.24. The molecule has 10 heavy (non-hydrogen) atoms. The number of aliphatic hydroxyl groups is 1. The summed E-state index contributed by atoms with van der Waals surface area (Å²) in [6.45, 7) is 4.12. The highest BCUT2D eigenvalue weighted by Crippen LogP contribution is 2.12. The van der Waals surface area contributed by atoms with Gasteiger partial charge in [0.05, 0.1) is 6.10 Å². The Labute approximate surface area is 60.6 Å². The molecule has 1 heterocycles. The van der Waals surface area contributed by atoms with Crippen molar-refractivity contribution in [3.63, 3.8) is 0 Å². The number of rotatable bonds is 1. The van der Waals surface area contributed by atoms with Crippen LogP contribution in [-0.2, 0) is 0 Å². The first-order chi connectivity index (χ1) is 4.74. The molecule has 1 saturated heterocycles. The molecule has 0 aliphatic carbocycles. The largest absolute Gasteiger partial charge is 0.390 e. The van der Waals surface area contributed by atoms with Gasteiger partial charge in [-0.3, -0.25) is 0 Å². The Hall–Kier alpha value is -0.150. The van der Waals surface area contributed by atoms with Gasteiger partial charge < -0.3 is 10.0 Å². The number of piperidine rings is 1. The molecule has 1 rings (SSSR count). The maximum absolute atomic E-state index is 12.7. The van der Waals surface area contributed by atoms with Crippen LogP contribution in [-0.4, -0.2) is 41.9 Å². The van der Waals surface area contributed by atoms with E-state index in [-0.39, 0.29) is 0 Å². The highest BCUT2D eigenvalue weighted by atomic mass is 19.1. The molecule has 0 aromatic heterocycles. The summed E-state index contributed by atoms with van der Waals surface area (Å²) in [6, 6.07) is 0. The van der Waals surface area contributed by atoms with Crippen molar-refractivity contribution >= 4 is 0 Å². The zero-order valence-electron chi connectivity index (χ0n) is 6.26. The van der Waals surface area contributed by atoms with E-state index in [1.54, 1.807) is 0 Å². The molecular formula is C7H14FNO. The van der Waals surface area contributed by atoms with Crippen LogP contribution in [0.2, 0.25) is 0 Å². The van der Waals surface area contributed by atoms with Crippen molar-refractivity contribution in [1.82, 2.24) is 4.90 Å². The first-order valence-electron chi connectivity index (χ1n) is 3.78. The predicted octanol–water partition coefficient (Wildman–Crippen LogP) is 0.411. The lowest BCUT2D eigenvalue weighted by Gasteiger charge is -2.30. The van der Waals surface area contributed by atoms with E-state index >= 15 is 0 Å². The number of alkyl halides is 1. The van der Waals surface area contributed by atoms with Crippen molar-refractivity contribution in [3.8, 4) is 0 Å². The molecule has 1 N–H and O–H groups in total. The van der Waals surface area contributed by atoms with Gasteiger partial charge in [0.15, 0.2) is 0 Å². The number of likely N-dealkylation sites (tertiary alicyclic amines) is 1. The Morgan fingerprint density at radius 1 is 1.70 bits per heavy atom. The highest BCUT2D eigenvalue weighted by Gasteiger charge is 2.25. The van der Waals surface area contributed by atoms with Gasteiger partial charge in [0, 0.05) is 13.1 Å². The molecule has 60 valence electrons. The molecule has 1 aliphatic heterocycles. The molecule has 0 spiro atoms. The molecule has 2 atom stereocenters. The van der Waals surface area contributed by atoms with E-state index in [2.05, 4.69) is 0 Å². The van der Waals surface area contributed by atoms with Crippen LogP contribution in [0.1, 0.15) is 13.3 Å². The van der Waals surface area contributed by atoms with Crippen molar-refractivity contribution in [1.29, 1.82) is 0 Å². The number of halogens is 1. The highest BCUT2D eigenvalue weighted by molar-refractivity contribution is 4.78. The monoisotopic (exact) mass is 147 g/mol. The van der Waals surface area contributed by atoms with Crippen LogP contribution in [0.4, 0.5) is 4.39 Å². The van der Waals surface area contributed by atoms with Gasteiger partial charge in [0.1, 0.15) is 6.17 Å². The molecule has 0 aromatic rings. The smallest absolute Gasteiger partial charge is 0.138 e. The number of nitrogens with zero attached hydrogens (tertiary/aromatic N) is 1. The minimum absolute atomic E-state index is 0.400. The Morgan fingerprint density at radius 3 is 2.90 bits per heavy atom. The first-order valence-corrected chi connectivity index (χ1v) is 3.78. The average Bonchev–Trinajstić information content (AvgIpc) is 1.95. The third kappa shape index (κ3) is 1.67. The Bertz CT molecular complexity index is 110. The summed E-state index contributed by atoms with van der Waals surface area (Å²) in [5, 5.41) is 8.99. The van der Waals surface area contributed by atoms with Gasteiger partial charge in [-0.2, -0.15) is 0 Å². The van der Waals surface area contributed by atoms with E-state index < -0.39 is 12.3 Å². The van der Waals surface area contributed by atoms with E-state index in [0.29, 0.717) is 13.0 Å². The van der Waals surface area contributed by atoms with E-state index in [0.717, 1.165) is 13.1 Å². The zero-order chi connectivity index (χ0) is 7.56. The average molecular weight is 147 g/mol. The van der Waals surface area contributed by atoms with Crippen molar-refractivity contribution < 1.29 is 9.50 Å². The summed E-state index contributed by atoms with van der Waals surface area (Å²) in [6.07, 6.45) is -1.17. The van der Waals surface area contributed by atoms with Gasteiger partial charge in [0.2, 0.25) is 0 Å². The first kappa shape index (κ1) is 7.95. The fraction of sp³-hybridized carbons (Fsp3) is 1.00. The van der Waals surface area contributed by atoms with Gasteiger partial charge in [-0.15, -0.1) is 0 Å². The quantitative estimate of drug-likeness (QED) is 0.580. The third-order valence-corrected chi connectivity index (χ3v) is 2.04. The number of hydrogen-bond acceptors (Lipinski definition) is 2. The third-order valence-electron chi connectivity index (χ3n) is 2.04. The molecule has 2 nitrogen and oxygen atoms in total.